The van der Waals surface area contributed by atoms with E-state index < -0.39 is 11.9 Å². The van der Waals surface area contributed by atoms with Gasteiger partial charge >= 0.3 is 0 Å². The summed E-state index contributed by atoms with van der Waals surface area (Å²) in [5.74, 6) is -0.541. The number of anilines is 1. The van der Waals surface area contributed by atoms with Gasteiger partial charge in [0.15, 0.2) is 12.4 Å². The molecule has 8 nitrogen and oxygen atoms in total. The number of primary amides is 1. The summed E-state index contributed by atoms with van der Waals surface area (Å²) in [5.41, 5.74) is 5.56. The highest BCUT2D eigenvalue weighted by molar-refractivity contribution is 6.00. The number of hydrogen-bond acceptors (Lipinski definition) is 5. The fourth-order valence-corrected chi connectivity index (χ4v) is 2.87. The van der Waals surface area contributed by atoms with Crippen molar-refractivity contribution in [2.75, 3.05) is 18.5 Å². The highest BCUT2D eigenvalue weighted by Gasteiger charge is 2.35. The summed E-state index contributed by atoms with van der Waals surface area (Å²) in [7, 11) is 0. The zero-order valence-corrected chi connectivity index (χ0v) is 14.0. The Balaban J connectivity index is 1.66. The summed E-state index contributed by atoms with van der Waals surface area (Å²) in [6.07, 6.45) is 2.75. The summed E-state index contributed by atoms with van der Waals surface area (Å²) in [5, 5.41) is 2.78. The second kappa shape index (κ2) is 7.73. The van der Waals surface area contributed by atoms with Crippen LogP contribution in [0, 0.1) is 0 Å². The van der Waals surface area contributed by atoms with Gasteiger partial charge < -0.3 is 25.1 Å². The quantitative estimate of drug-likeness (QED) is 0.811. The number of hydrogen-bond donors (Lipinski definition) is 2. The van der Waals surface area contributed by atoms with E-state index >= 15 is 0 Å². The SMILES string of the molecule is NC(=O)COc1cccc(NC(=O)[C@@H]2CCCN2C(=O)c2ccco2)c1. The molecule has 0 radical (unpaired) electrons. The first-order chi connectivity index (χ1) is 12.5. The van der Waals surface area contributed by atoms with E-state index in [4.69, 9.17) is 14.9 Å². The molecule has 26 heavy (non-hydrogen) atoms. The number of rotatable bonds is 6. The van der Waals surface area contributed by atoms with Crippen LogP contribution in [-0.4, -0.2) is 41.8 Å². The van der Waals surface area contributed by atoms with Crippen molar-refractivity contribution in [3.05, 3.63) is 48.4 Å². The number of furan rings is 1. The van der Waals surface area contributed by atoms with Crippen molar-refractivity contribution >= 4 is 23.4 Å². The third kappa shape index (κ3) is 4.02. The number of nitrogens with two attached hydrogens (primary N) is 1. The van der Waals surface area contributed by atoms with E-state index in [1.165, 1.54) is 11.2 Å². The van der Waals surface area contributed by atoms with Crippen LogP contribution in [0.2, 0.25) is 0 Å². The van der Waals surface area contributed by atoms with Gasteiger partial charge in [-0.1, -0.05) is 6.07 Å². The summed E-state index contributed by atoms with van der Waals surface area (Å²) in [6.45, 7) is 0.255. The Bertz CT molecular complexity index is 803. The third-order valence-corrected chi connectivity index (χ3v) is 4.03. The number of nitrogens with one attached hydrogen (secondary N) is 1. The molecule has 0 saturated carbocycles. The average Bonchev–Trinajstić information content (AvgIpc) is 3.31. The standard InChI is InChI=1S/C18H19N3O5/c19-16(22)11-26-13-5-1-4-12(10-13)20-17(23)14-6-2-8-21(14)18(24)15-7-3-9-25-15/h1,3-5,7,9-10,14H,2,6,8,11H2,(H2,19,22)(H,20,23)/t14-/m0/s1. The number of nitrogens with zero attached hydrogens (tertiary/aromatic N) is 1. The van der Waals surface area contributed by atoms with Gasteiger partial charge in [-0.3, -0.25) is 14.4 Å². The smallest absolute Gasteiger partial charge is 0.290 e. The first-order valence-corrected chi connectivity index (χ1v) is 8.21. The van der Waals surface area contributed by atoms with Crippen molar-refractivity contribution in [2.24, 2.45) is 5.73 Å². The Kier molecular flexibility index (Phi) is 5.21. The minimum Gasteiger partial charge on any atom is -0.484 e. The third-order valence-electron chi connectivity index (χ3n) is 4.03. The number of amides is 3. The van der Waals surface area contributed by atoms with Crippen molar-refractivity contribution in [1.82, 2.24) is 4.90 Å². The summed E-state index contributed by atoms with van der Waals surface area (Å²) < 4.78 is 10.4. The molecule has 0 spiro atoms. The lowest BCUT2D eigenvalue weighted by Crippen LogP contribution is -2.43. The van der Waals surface area contributed by atoms with Crippen LogP contribution in [0.3, 0.4) is 0 Å². The molecular weight excluding hydrogens is 338 g/mol. The molecule has 0 unspecified atom stereocenters. The average molecular weight is 357 g/mol. The van der Waals surface area contributed by atoms with Crippen molar-refractivity contribution in [3.8, 4) is 5.75 Å². The first kappa shape index (κ1) is 17.5. The Hall–Kier alpha value is -3.29. The number of likely N-dealkylation sites (tertiary alicyclic amines) is 1. The number of benzene rings is 1. The van der Waals surface area contributed by atoms with Crippen LogP contribution in [0.1, 0.15) is 23.4 Å². The Labute approximate surface area is 149 Å². The van der Waals surface area contributed by atoms with Crippen LogP contribution < -0.4 is 15.8 Å². The van der Waals surface area contributed by atoms with E-state index in [2.05, 4.69) is 5.32 Å². The summed E-state index contributed by atoms with van der Waals surface area (Å²) in [6, 6.07) is 9.28. The number of carbonyl (C=O) groups is 3. The van der Waals surface area contributed by atoms with Gasteiger partial charge in [0.1, 0.15) is 11.8 Å². The van der Waals surface area contributed by atoms with Gasteiger partial charge in [0, 0.05) is 18.3 Å². The molecule has 1 fully saturated rings. The van der Waals surface area contributed by atoms with Crippen LogP contribution in [0.5, 0.6) is 5.75 Å². The minimum absolute atomic E-state index is 0.214. The van der Waals surface area contributed by atoms with E-state index in [1.54, 1.807) is 36.4 Å². The van der Waals surface area contributed by atoms with Gasteiger partial charge in [-0.15, -0.1) is 0 Å². The monoisotopic (exact) mass is 357 g/mol. The molecular formula is C18H19N3O5. The van der Waals surface area contributed by atoms with Crippen molar-refractivity contribution in [2.45, 2.75) is 18.9 Å². The van der Waals surface area contributed by atoms with E-state index in [0.717, 1.165) is 6.42 Å². The van der Waals surface area contributed by atoms with Gasteiger partial charge in [0.2, 0.25) is 5.91 Å². The molecule has 3 rings (SSSR count). The van der Waals surface area contributed by atoms with E-state index in [0.29, 0.717) is 24.4 Å². The fourth-order valence-electron chi connectivity index (χ4n) is 2.87. The molecule has 1 aromatic heterocycles. The van der Waals surface area contributed by atoms with Crippen molar-refractivity contribution in [1.29, 1.82) is 0 Å². The van der Waals surface area contributed by atoms with Gasteiger partial charge in [0.25, 0.3) is 11.8 Å². The Morgan fingerprint density at radius 1 is 1.27 bits per heavy atom. The molecule has 3 amide bonds. The second-order valence-corrected chi connectivity index (χ2v) is 5.91. The van der Waals surface area contributed by atoms with Gasteiger partial charge in [0.05, 0.1) is 6.26 Å². The summed E-state index contributed by atoms with van der Waals surface area (Å²) >= 11 is 0. The maximum atomic E-state index is 12.6. The van der Waals surface area contributed by atoms with Crippen LogP contribution in [-0.2, 0) is 9.59 Å². The van der Waals surface area contributed by atoms with Gasteiger partial charge in [-0.2, -0.15) is 0 Å². The lowest BCUT2D eigenvalue weighted by molar-refractivity contribution is -0.120. The lowest BCUT2D eigenvalue weighted by Gasteiger charge is -2.23. The topological polar surface area (TPSA) is 115 Å². The number of carbonyl (C=O) groups excluding carboxylic acids is 3. The highest BCUT2D eigenvalue weighted by atomic mass is 16.5. The lowest BCUT2D eigenvalue weighted by atomic mass is 10.2. The summed E-state index contributed by atoms with van der Waals surface area (Å²) in [4.78, 5) is 37.4. The molecule has 1 aliphatic heterocycles. The maximum Gasteiger partial charge on any atom is 0.290 e. The molecule has 8 heteroatoms. The molecule has 0 bridgehead atoms. The van der Waals surface area contributed by atoms with E-state index in [-0.39, 0.29) is 24.2 Å². The van der Waals surface area contributed by atoms with E-state index in [1.807, 2.05) is 0 Å². The van der Waals surface area contributed by atoms with Crippen molar-refractivity contribution in [3.63, 3.8) is 0 Å². The molecule has 1 saturated heterocycles. The minimum atomic E-state index is -0.586. The predicted molar refractivity (Wildman–Crippen MR) is 92.5 cm³/mol. The van der Waals surface area contributed by atoms with E-state index in [9.17, 15) is 14.4 Å². The molecule has 2 heterocycles. The normalized spacial score (nSPS) is 16.3. The first-order valence-electron chi connectivity index (χ1n) is 8.21. The molecule has 1 aliphatic rings. The highest BCUT2D eigenvalue weighted by Crippen LogP contribution is 2.23. The van der Waals surface area contributed by atoms with Crippen LogP contribution in [0.4, 0.5) is 5.69 Å². The second-order valence-electron chi connectivity index (χ2n) is 5.91. The van der Waals surface area contributed by atoms with Gasteiger partial charge in [-0.25, -0.2) is 0 Å². The maximum absolute atomic E-state index is 12.6. The van der Waals surface area contributed by atoms with Crippen LogP contribution >= 0.6 is 0 Å². The van der Waals surface area contributed by atoms with Gasteiger partial charge in [-0.05, 0) is 37.1 Å². The Morgan fingerprint density at radius 2 is 2.12 bits per heavy atom. The Morgan fingerprint density at radius 3 is 2.85 bits per heavy atom. The number of ether oxygens (including phenoxy) is 1. The van der Waals surface area contributed by atoms with Crippen LogP contribution in [0.15, 0.2) is 47.1 Å². The molecule has 1 atom stereocenters. The molecule has 136 valence electrons. The molecule has 3 N–H and O–H groups in total. The predicted octanol–water partition coefficient (Wildman–Crippen LogP) is 1.39. The molecule has 2 aromatic rings. The van der Waals surface area contributed by atoms with Crippen molar-refractivity contribution < 1.29 is 23.5 Å². The van der Waals surface area contributed by atoms with Crippen LogP contribution in [0.25, 0.3) is 0 Å². The fraction of sp³-hybridized carbons (Fsp3) is 0.278. The molecule has 1 aromatic carbocycles. The zero-order chi connectivity index (χ0) is 18.5. The molecule has 0 aliphatic carbocycles. The zero-order valence-electron chi connectivity index (χ0n) is 14.0. The largest absolute Gasteiger partial charge is 0.484 e.